The first-order chi connectivity index (χ1) is 15.2. The molecule has 11 heteroatoms. The largest absolute Gasteiger partial charge is 0.312 e. The number of carbonyl (C=O) groups is 2. The van der Waals surface area contributed by atoms with E-state index in [9.17, 15) is 19.7 Å². The predicted molar refractivity (Wildman–Crippen MR) is 122 cm³/mol. The molecular weight excluding hydrogens is 454 g/mol. The lowest BCUT2D eigenvalue weighted by atomic mass is 10.1. The Morgan fingerprint density at radius 3 is 2.72 bits per heavy atom. The number of halogens is 1. The van der Waals surface area contributed by atoms with E-state index in [0.29, 0.717) is 18.0 Å². The van der Waals surface area contributed by atoms with Crippen LogP contribution in [0.15, 0.2) is 36.4 Å². The van der Waals surface area contributed by atoms with Gasteiger partial charge in [0.15, 0.2) is 0 Å². The first kappa shape index (κ1) is 21.8. The van der Waals surface area contributed by atoms with Crippen LogP contribution < -0.4 is 10.2 Å². The van der Waals surface area contributed by atoms with Crippen molar-refractivity contribution in [2.24, 2.45) is 0 Å². The van der Waals surface area contributed by atoms with E-state index in [0.717, 1.165) is 34.2 Å². The van der Waals surface area contributed by atoms with Crippen molar-refractivity contribution < 1.29 is 14.5 Å². The van der Waals surface area contributed by atoms with Crippen molar-refractivity contribution in [3.8, 4) is 0 Å². The van der Waals surface area contributed by atoms with Gasteiger partial charge in [0.1, 0.15) is 5.01 Å². The molecule has 3 aromatic rings. The van der Waals surface area contributed by atoms with Gasteiger partial charge in [0.25, 0.3) is 11.6 Å². The summed E-state index contributed by atoms with van der Waals surface area (Å²) < 4.78 is 0. The van der Waals surface area contributed by atoms with E-state index in [1.54, 1.807) is 4.90 Å². The van der Waals surface area contributed by atoms with Gasteiger partial charge in [-0.15, -0.1) is 10.2 Å². The maximum absolute atomic E-state index is 12.6. The highest BCUT2D eigenvalue weighted by atomic mass is 35.5. The molecule has 0 saturated carbocycles. The highest BCUT2D eigenvalue weighted by molar-refractivity contribution is 7.15. The third-order valence-corrected chi connectivity index (χ3v) is 6.67. The highest BCUT2D eigenvalue weighted by Gasteiger charge is 2.34. The average Bonchev–Trinajstić information content (AvgIpc) is 3.36. The molecule has 1 aliphatic rings. The van der Waals surface area contributed by atoms with Gasteiger partial charge in [-0.05, 0) is 43.2 Å². The number of hydrogen-bond donors (Lipinski definition) is 1. The number of aromatic nitrogens is 2. The quantitative estimate of drug-likeness (QED) is 0.432. The maximum atomic E-state index is 12.6. The average molecular weight is 472 g/mol. The number of nitrogens with one attached hydrogen (secondary N) is 1. The lowest BCUT2D eigenvalue weighted by molar-refractivity contribution is -0.384. The number of nitro groups is 1. The minimum Gasteiger partial charge on any atom is -0.312 e. The van der Waals surface area contributed by atoms with E-state index in [1.165, 1.54) is 12.1 Å². The van der Waals surface area contributed by atoms with Crippen molar-refractivity contribution in [3.63, 3.8) is 0 Å². The molecule has 1 aliphatic heterocycles. The second kappa shape index (κ2) is 8.64. The fourth-order valence-corrected chi connectivity index (χ4v) is 4.46. The summed E-state index contributed by atoms with van der Waals surface area (Å²) in [6, 6.07) is 9.53. The third kappa shape index (κ3) is 4.32. The zero-order valence-electron chi connectivity index (χ0n) is 17.2. The summed E-state index contributed by atoms with van der Waals surface area (Å²) >= 11 is 7.19. The highest BCUT2D eigenvalue weighted by Crippen LogP contribution is 2.35. The fraction of sp³-hybridized carbons (Fsp3) is 0.238. The number of nitro benzene ring substituents is 1. The Hall–Kier alpha value is -3.37. The summed E-state index contributed by atoms with van der Waals surface area (Å²) in [5.74, 6) is -0.767. The lowest BCUT2D eigenvalue weighted by Crippen LogP contribution is -2.24. The van der Waals surface area contributed by atoms with Crippen molar-refractivity contribution in [1.29, 1.82) is 0 Å². The van der Waals surface area contributed by atoms with Crippen molar-refractivity contribution in [3.05, 3.63) is 73.2 Å². The number of non-ortho nitro benzene ring substituents is 1. The maximum Gasteiger partial charge on any atom is 0.270 e. The minimum atomic E-state index is -0.624. The molecule has 0 aliphatic carbocycles. The van der Waals surface area contributed by atoms with E-state index in [4.69, 9.17) is 11.6 Å². The van der Waals surface area contributed by atoms with Crippen LogP contribution in [-0.4, -0.2) is 33.5 Å². The predicted octanol–water partition coefficient (Wildman–Crippen LogP) is 4.49. The molecule has 1 fully saturated rings. The summed E-state index contributed by atoms with van der Waals surface area (Å²) in [7, 11) is 0. The Morgan fingerprint density at radius 2 is 2.00 bits per heavy atom. The molecular formula is C21H18ClN5O4S. The molecule has 0 radical (unpaired) electrons. The molecule has 2 aromatic carbocycles. The number of rotatable bonds is 5. The topological polar surface area (TPSA) is 118 Å². The van der Waals surface area contributed by atoms with Gasteiger partial charge in [-0.25, -0.2) is 0 Å². The van der Waals surface area contributed by atoms with Crippen LogP contribution in [0, 0.1) is 24.0 Å². The summed E-state index contributed by atoms with van der Waals surface area (Å²) in [6.07, 6.45) is 0.298. The van der Waals surface area contributed by atoms with Gasteiger partial charge in [-0.1, -0.05) is 29.0 Å². The number of carbonyl (C=O) groups excluding carboxylic acids is 2. The Morgan fingerprint density at radius 1 is 1.22 bits per heavy atom. The zero-order valence-corrected chi connectivity index (χ0v) is 18.7. The number of aryl methyl sites for hydroxylation is 2. The van der Waals surface area contributed by atoms with Crippen LogP contribution in [-0.2, 0) is 4.79 Å². The zero-order chi connectivity index (χ0) is 23.0. The van der Waals surface area contributed by atoms with E-state index in [2.05, 4.69) is 15.5 Å². The normalized spacial score (nSPS) is 15.8. The smallest absolute Gasteiger partial charge is 0.270 e. The van der Waals surface area contributed by atoms with Crippen LogP contribution in [0.25, 0.3) is 0 Å². The molecule has 1 unspecified atom stereocenters. The Labute approximate surface area is 192 Å². The summed E-state index contributed by atoms with van der Waals surface area (Å²) in [6.45, 7) is 4.50. The van der Waals surface area contributed by atoms with Crippen molar-refractivity contribution >= 4 is 51.3 Å². The molecule has 1 saturated heterocycles. The SMILES string of the molecule is Cc1ccc(N2CC(c3nnc(NC(=O)c4cc([N+](=O)[O-])ccc4Cl)s3)CC2=O)cc1C. The number of anilines is 2. The Balaban J connectivity index is 1.48. The molecule has 2 amide bonds. The van der Waals surface area contributed by atoms with E-state index in [1.807, 2.05) is 32.0 Å². The van der Waals surface area contributed by atoms with Gasteiger partial charge in [0.05, 0.1) is 15.5 Å². The number of hydrogen-bond acceptors (Lipinski definition) is 7. The van der Waals surface area contributed by atoms with Gasteiger partial charge in [-0.2, -0.15) is 0 Å². The second-order valence-corrected chi connectivity index (χ2v) is 8.91. The minimum absolute atomic E-state index is 0.00224. The molecule has 1 aromatic heterocycles. The summed E-state index contributed by atoms with van der Waals surface area (Å²) in [5.41, 5.74) is 2.84. The first-order valence-corrected chi connectivity index (χ1v) is 10.9. The first-order valence-electron chi connectivity index (χ1n) is 9.69. The summed E-state index contributed by atoms with van der Waals surface area (Å²) in [5, 5.41) is 22.6. The molecule has 0 bridgehead atoms. The molecule has 32 heavy (non-hydrogen) atoms. The molecule has 1 atom stereocenters. The van der Waals surface area contributed by atoms with Gasteiger partial charge >= 0.3 is 0 Å². The number of nitrogens with zero attached hydrogens (tertiary/aromatic N) is 4. The van der Waals surface area contributed by atoms with Crippen LogP contribution in [0.3, 0.4) is 0 Å². The van der Waals surface area contributed by atoms with E-state index < -0.39 is 10.8 Å². The third-order valence-electron chi connectivity index (χ3n) is 5.34. The molecule has 9 nitrogen and oxygen atoms in total. The van der Waals surface area contributed by atoms with Crippen LogP contribution in [0.1, 0.15) is 38.8 Å². The van der Waals surface area contributed by atoms with Crippen molar-refractivity contribution in [2.45, 2.75) is 26.2 Å². The van der Waals surface area contributed by atoms with Crippen LogP contribution >= 0.6 is 22.9 Å². The lowest BCUT2D eigenvalue weighted by Gasteiger charge is -2.17. The van der Waals surface area contributed by atoms with E-state index >= 15 is 0 Å². The number of benzene rings is 2. The van der Waals surface area contributed by atoms with Crippen molar-refractivity contribution in [1.82, 2.24) is 10.2 Å². The van der Waals surface area contributed by atoms with Crippen molar-refractivity contribution in [2.75, 3.05) is 16.8 Å². The molecule has 1 N–H and O–H groups in total. The van der Waals surface area contributed by atoms with Gasteiger partial charge < -0.3 is 4.90 Å². The molecule has 164 valence electrons. The van der Waals surface area contributed by atoms with Crippen LogP contribution in [0.5, 0.6) is 0 Å². The Bertz CT molecular complexity index is 1240. The monoisotopic (exact) mass is 471 g/mol. The van der Waals surface area contributed by atoms with E-state index in [-0.39, 0.29) is 33.2 Å². The van der Waals surface area contributed by atoms with Crippen LogP contribution in [0.2, 0.25) is 5.02 Å². The van der Waals surface area contributed by atoms with Gasteiger partial charge in [0, 0.05) is 36.7 Å². The molecule has 0 spiro atoms. The van der Waals surface area contributed by atoms with Gasteiger partial charge in [-0.3, -0.25) is 25.0 Å². The molecule has 2 heterocycles. The number of amides is 2. The summed E-state index contributed by atoms with van der Waals surface area (Å²) in [4.78, 5) is 37.2. The second-order valence-electron chi connectivity index (χ2n) is 7.49. The molecule has 4 rings (SSSR count). The van der Waals surface area contributed by atoms with Crippen LogP contribution in [0.4, 0.5) is 16.5 Å². The standard InChI is InChI=1S/C21H18ClN5O4S/c1-11-3-4-14(7-12(11)2)26-10-13(8-18(26)28)20-24-25-21(32-20)23-19(29)16-9-15(27(30)31)5-6-17(16)22/h3-7,9,13H,8,10H2,1-2H3,(H,23,25,29). The fourth-order valence-electron chi connectivity index (χ4n) is 3.43. The van der Waals surface area contributed by atoms with Gasteiger partial charge in [0.2, 0.25) is 11.0 Å². The Kier molecular flexibility index (Phi) is 5.90.